The van der Waals surface area contributed by atoms with E-state index in [0.717, 1.165) is 13.2 Å². The van der Waals surface area contributed by atoms with Crippen molar-refractivity contribution in [3.05, 3.63) is 29.6 Å². The highest BCUT2D eigenvalue weighted by Crippen LogP contribution is 2.17. The third-order valence-electron chi connectivity index (χ3n) is 2.71. The summed E-state index contributed by atoms with van der Waals surface area (Å²) in [6.45, 7) is 1.64. The van der Waals surface area contributed by atoms with Crippen molar-refractivity contribution in [1.82, 2.24) is 0 Å². The number of ether oxygens (including phenoxy) is 1. The molecule has 0 fully saturated rings. The maximum absolute atomic E-state index is 13.4. The number of carbonyl (C=O) groups is 3. The minimum absolute atomic E-state index is 0.0111. The Labute approximate surface area is 120 Å². The van der Waals surface area contributed by atoms with Gasteiger partial charge in [0.25, 0.3) is 0 Å². The first kappa shape index (κ1) is 16.6. The molecule has 0 aromatic heterocycles. The Morgan fingerprint density at radius 1 is 1.33 bits per heavy atom. The molecular formula is C14H16FNO5. The Balaban J connectivity index is 2.72. The van der Waals surface area contributed by atoms with E-state index in [-0.39, 0.29) is 30.0 Å². The smallest absolute Gasteiger partial charge is 0.340 e. The fourth-order valence-corrected chi connectivity index (χ4v) is 1.77. The van der Waals surface area contributed by atoms with E-state index in [1.54, 1.807) is 6.92 Å². The fraction of sp³-hybridized carbons (Fsp3) is 0.357. The van der Waals surface area contributed by atoms with Crippen LogP contribution in [0.3, 0.4) is 0 Å². The molecular weight excluding hydrogens is 281 g/mol. The molecule has 1 amide bonds. The Morgan fingerprint density at radius 3 is 2.57 bits per heavy atom. The number of nitrogens with one attached hydrogen (secondary N) is 1. The largest absolute Gasteiger partial charge is 0.481 e. The monoisotopic (exact) mass is 297 g/mol. The fourth-order valence-electron chi connectivity index (χ4n) is 1.77. The molecule has 0 bridgehead atoms. The molecule has 0 radical (unpaired) electrons. The molecule has 21 heavy (non-hydrogen) atoms. The summed E-state index contributed by atoms with van der Waals surface area (Å²) >= 11 is 0. The summed E-state index contributed by atoms with van der Waals surface area (Å²) in [6.07, 6.45) is -0.110. The number of carbonyl (C=O) groups excluding carboxylic acids is 2. The zero-order valence-electron chi connectivity index (χ0n) is 11.7. The number of esters is 1. The highest BCUT2D eigenvalue weighted by Gasteiger charge is 2.15. The maximum Gasteiger partial charge on any atom is 0.340 e. The third-order valence-corrected chi connectivity index (χ3v) is 2.71. The van der Waals surface area contributed by atoms with Crippen LogP contribution in [0.4, 0.5) is 10.1 Å². The molecule has 0 saturated carbocycles. The van der Waals surface area contributed by atoms with Crippen molar-refractivity contribution in [2.75, 3.05) is 12.4 Å². The second-order valence-electron chi connectivity index (χ2n) is 4.64. The van der Waals surface area contributed by atoms with Gasteiger partial charge in [-0.25, -0.2) is 9.18 Å². The average molecular weight is 297 g/mol. The number of amides is 1. The van der Waals surface area contributed by atoms with Crippen LogP contribution < -0.4 is 5.32 Å². The highest BCUT2D eigenvalue weighted by molar-refractivity contribution is 5.94. The van der Waals surface area contributed by atoms with Crippen LogP contribution in [-0.2, 0) is 14.3 Å². The predicted molar refractivity (Wildman–Crippen MR) is 72.4 cm³/mol. The molecule has 2 N–H and O–H groups in total. The van der Waals surface area contributed by atoms with Gasteiger partial charge in [-0.3, -0.25) is 9.59 Å². The highest BCUT2D eigenvalue weighted by atomic mass is 19.1. The lowest BCUT2D eigenvalue weighted by molar-refractivity contribution is -0.138. The molecule has 0 aliphatic heterocycles. The zero-order valence-corrected chi connectivity index (χ0v) is 11.7. The number of carboxylic acids is 1. The van der Waals surface area contributed by atoms with E-state index < -0.39 is 23.7 Å². The molecule has 1 aromatic rings. The van der Waals surface area contributed by atoms with Crippen LogP contribution >= 0.6 is 0 Å². The second-order valence-corrected chi connectivity index (χ2v) is 4.64. The van der Waals surface area contributed by atoms with Crippen molar-refractivity contribution in [3.63, 3.8) is 0 Å². The number of hydrogen-bond donors (Lipinski definition) is 2. The van der Waals surface area contributed by atoms with Gasteiger partial charge in [0.2, 0.25) is 5.91 Å². The normalized spacial score (nSPS) is 11.6. The number of carboxylic acid groups (broad SMARTS) is 1. The summed E-state index contributed by atoms with van der Waals surface area (Å²) in [6, 6.07) is 3.52. The first-order chi connectivity index (χ1) is 9.83. The van der Waals surface area contributed by atoms with Crippen molar-refractivity contribution in [3.8, 4) is 0 Å². The molecule has 1 rings (SSSR count). The summed E-state index contributed by atoms with van der Waals surface area (Å²) < 4.78 is 17.8. The lowest BCUT2D eigenvalue weighted by Crippen LogP contribution is -2.17. The standard InChI is InChI=1S/C14H16FNO5/c1-8(6-13(18)19)5-12(17)16-9-3-4-11(15)10(7-9)14(20)21-2/h3-4,7-8H,5-6H2,1-2H3,(H,16,17)(H,18,19). The third kappa shape index (κ3) is 5.21. The van der Waals surface area contributed by atoms with E-state index in [4.69, 9.17) is 5.11 Å². The van der Waals surface area contributed by atoms with Gasteiger partial charge in [-0.05, 0) is 24.1 Å². The first-order valence-corrected chi connectivity index (χ1v) is 6.23. The first-order valence-electron chi connectivity index (χ1n) is 6.23. The lowest BCUT2D eigenvalue weighted by Gasteiger charge is -2.10. The Kier molecular flexibility index (Phi) is 5.83. The summed E-state index contributed by atoms with van der Waals surface area (Å²) in [4.78, 5) is 33.6. The van der Waals surface area contributed by atoms with Gasteiger partial charge in [-0.2, -0.15) is 0 Å². The number of benzene rings is 1. The molecule has 7 heteroatoms. The Hall–Kier alpha value is -2.44. The summed E-state index contributed by atoms with van der Waals surface area (Å²) in [5.74, 6) is -3.32. The molecule has 1 unspecified atom stereocenters. The summed E-state index contributed by atoms with van der Waals surface area (Å²) in [5.41, 5.74) is -0.0433. The molecule has 0 aliphatic rings. The van der Waals surface area contributed by atoms with Gasteiger partial charge in [-0.15, -0.1) is 0 Å². The van der Waals surface area contributed by atoms with Gasteiger partial charge in [0, 0.05) is 18.5 Å². The van der Waals surface area contributed by atoms with Crippen LogP contribution in [0.1, 0.15) is 30.1 Å². The van der Waals surface area contributed by atoms with Crippen LogP contribution in [0.5, 0.6) is 0 Å². The van der Waals surface area contributed by atoms with E-state index in [0.29, 0.717) is 0 Å². The molecule has 0 spiro atoms. The average Bonchev–Trinajstić information content (AvgIpc) is 2.38. The topological polar surface area (TPSA) is 92.7 Å². The van der Waals surface area contributed by atoms with Crippen LogP contribution in [0, 0.1) is 11.7 Å². The minimum atomic E-state index is -0.981. The molecule has 0 heterocycles. The predicted octanol–water partition coefficient (Wildman–Crippen LogP) is 2.05. The molecule has 0 saturated heterocycles. The Morgan fingerprint density at radius 2 is 2.00 bits per heavy atom. The Bertz CT molecular complexity index is 558. The number of hydrogen-bond acceptors (Lipinski definition) is 4. The number of methoxy groups -OCH3 is 1. The van der Waals surface area contributed by atoms with Gasteiger partial charge >= 0.3 is 11.9 Å². The van der Waals surface area contributed by atoms with E-state index in [2.05, 4.69) is 10.1 Å². The van der Waals surface area contributed by atoms with Crippen molar-refractivity contribution in [2.45, 2.75) is 19.8 Å². The van der Waals surface area contributed by atoms with Crippen molar-refractivity contribution in [1.29, 1.82) is 0 Å². The number of anilines is 1. The van der Waals surface area contributed by atoms with E-state index in [1.165, 1.54) is 12.1 Å². The van der Waals surface area contributed by atoms with Crippen molar-refractivity contribution in [2.24, 2.45) is 5.92 Å². The van der Waals surface area contributed by atoms with Crippen LogP contribution in [0.2, 0.25) is 0 Å². The molecule has 6 nitrogen and oxygen atoms in total. The lowest BCUT2D eigenvalue weighted by atomic mass is 10.0. The zero-order chi connectivity index (χ0) is 16.0. The van der Waals surface area contributed by atoms with Gasteiger partial charge in [0.05, 0.1) is 12.7 Å². The van der Waals surface area contributed by atoms with Crippen LogP contribution in [0.25, 0.3) is 0 Å². The van der Waals surface area contributed by atoms with Gasteiger partial charge in [0.1, 0.15) is 5.82 Å². The minimum Gasteiger partial charge on any atom is -0.481 e. The van der Waals surface area contributed by atoms with Gasteiger partial charge in [0.15, 0.2) is 0 Å². The number of rotatable bonds is 6. The van der Waals surface area contributed by atoms with Gasteiger partial charge in [-0.1, -0.05) is 6.92 Å². The van der Waals surface area contributed by atoms with Gasteiger partial charge < -0.3 is 15.2 Å². The quantitative estimate of drug-likeness (QED) is 0.784. The molecule has 1 aromatic carbocycles. The van der Waals surface area contributed by atoms with Crippen LogP contribution in [0.15, 0.2) is 18.2 Å². The summed E-state index contributed by atoms with van der Waals surface area (Å²) in [5, 5.41) is 11.1. The van der Waals surface area contributed by atoms with E-state index in [1.807, 2.05) is 0 Å². The van der Waals surface area contributed by atoms with E-state index >= 15 is 0 Å². The van der Waals surface area contributed by atoms with Crippen LogP contribution in [-0.4, -0.2) is 30.1 Å². The molecule has 0 aliphatic carbocycles. The van der Waals surface area contributed by atoms with Crippen molar-refractivity contribution >= 4 is 23.5 Å². The number of aliphatic carboxylic acids is 1. The van der Waals surface area contributed by atoms with E-state index in [9.17, 15) is 18.8 Å². The van der Waals surface area contributed by atoms with Crippen molar-refractivity contribution < 1.29 is 28.6 Å². The SMILES string of the molecule is COC(=O)c1cc(NC(=O)CC(C)CC(=O)O)ccc1F. The second kappa shape index (κ2) is 7.37. The maximum atomic E-state index is 13.4. The molecule has 1 atom stereocenters. The molecule has 114 valence electrons. The summed E-state index contributed by atoms with van der Waals surface area (Å²) in [7, 11) is 1.13. The number of halogens is 1.